The van der Waals surface area contributed by atoms with Crippen LogP contribution in [0.2, 0.25) is 5.02 Å². The Balaban J connectivity index is 1.90. The van der Waals surface area contributed by atoms with E-state index in [1.54, 1.807) is 0 Å². The number of nitro groups is 1. The van der Waals surface area contributed by atoms with E-state index in [1.807, 2.05) is 32.0 Å². The quantitative estimate of drug-likeness (QED) is 0.343. The number of halogens is 1. The van der Waals surface area contributed by atoms with Gasteiger partial charge in [-0.1, -0.05) is 17.7 Å². The summed E-state index contributed by atoms with van der Waals surface area (Å²) in [4.78, 5) is 10.3. The van der Waals surface area contributed by atoms with Gasteiger partial charge in [0.1, 0.15) is 0 Å². The maximum atomic E-state index is 10.8. The lowest BCUT2D eigenvalue weighted by atomic mass is 10.1. The molecule has 7 nitrogen and oxygen atoms in total. The van der Waals surface area contributed by atoms with Crippen molar-refractivity contribution in [3.8, 4) is 0 Å². The first kappa shape index (κ1) is 19.8. The van der Waals surface area contributed by atoms with Crippen molar-refractivity contribution >= 4 is 63.3 Å². The molecule has 0 aliphatic carbocycles. The molecule has 0 spiro atoms. The summed E-state index contributed by atoms with van der Waals surface area (Å²) in [7, 11) is 0. The zero-order valence-electron chi connectivity index (χ0n) is 13.9. The Bertz CT molecular complexity index is 876. The van der Waals surface area contributed by atoms with Gasteiger partial charge in [-0.3, -0.25) is 21.0 Å². The maximum Gasteiger partial charge on any atom is 0.271 e. The summed E-state index contributed by atoms with van der Waals surface area (Å²) < 4.78 is 0. The van der Waals surface area contributed by atoms with Gasteiger partial charge in [0.25, 0.3) is 5.69 Å². The Morgan fingerprint density at radius 1 is 1.00 bits per heavy atom. The lowest BCUT2D eigenvalue weighted by molar-refractivity contribution is -0.384. The average Bonchev–Trinajstić information content (AvgIpc) is 2.58. The van der Waals surface area contributed by atoms with E-state index in [9.17, 15) is 10.1 Å². The van der Waals surface area contributed by atoms with Crippen molar-refractivity contribution in [1.82, 2.24) is 10.9 Å². The zero-order valence-corrected chi connectivity index (χ0v) is 16.3. The number of rotatable bonds is 3. The van der Waals surface area contributed by atoms with E-state index in [2.05, 4.69) is 21.5 Å². The van der Waals surface area contributed by atoms with Crippen LogP contribution in [0.4, 0.5) is 17.1 Å². The Morgan fingerprint density at radius 3 is 2.27 bits per heavy atom. The number of nitrogens with zero attached hydrogens (tertiary/aromatic N) is 1. The van der Waals surface area contributed by atoms with Crippen LogP contribution < -0.4 is 21.5 Å². The SMILES string of the molecule is Cc1ccc(NC(=S)NNC(=S)Nc2cc([N+](=O)[O-])ccc2Cl)cc1C. The summed E-state index contributed by atoms with van der Waals surface area (Å²) in [5.41, 5.74) is 8.81. The van der Waals surface area contributed by atoms with Crippen LogP contribution in [0.3, 0.4) is 0 Å². The van der Waals surface area contributed by atoms with Crippen LogP contribution in [-0.2, 0) is 0 Å². The largest absolute Gasteiger partial charge is 0.331 e. The molecule has 0 aliphatic heterocycles. The van der Waals surface area contributed by atoms with Gasteiger partial charge in [0.15, 0.2) is 10.2 Å². The Kier molecular flexibility index (Phi) is 6.67. The van der Waals surface area contributed by atoms with Crippen LogP contribution in [0.1, 0.15) is 11.1 Å². The minimum absolute atomic E-state index is 0.0976. The molecule has 0 bridgehead atoms. The van der Waals surface area contributed by atoms with Crippen molar-refractivity contribution in [1.29, 1.82) is 0 Å². The highest BCUT2D eigenvalue weighted by Crippen LogP contribution is 2.26. The third-order valence-electron chi connectivity index (χ3n) is 3.46. The Hall–Kier alpha value is -2.49. The van der Waals surface area contributed by atoms with Crippen LogP contribution in [0.15, 0.2) is 36.4 Å². The van der Waals surface area contributed by atoms with Crippen LogP contribution in [-0.4, -0.2) is 15.1 Å². The molecule has 0 fully saturated rings. The van der Waals surface area contributed by atoms with Gasteiger partial charge in [-0.2, -0.15) is 0 Å². The molecule has 0 heterocycles. The zero-order chi connectivity index (χ0) is 19.3. The van der Waals surface area contributed by atoms with Crippen LogP contribution in [0, 0.1) is 24.0 Å². The smallest absolute Gasteiger partial charge is 0.271 e. The molecule has 4 N–H and O–H groups in total. The molecule has 0 saturated heterocycles. The number of nitro benzene ring substituents is 1. The van der Waals surface area contributed by atoms with Crippen molar-refractivity contribution in [2.75, 3.05) is 10.6 Å². The number of non-ortho nitro benzene ring substituents is 1. The molecule has 2 aromatic carbocycles. The van der Waals surface area contributed by atoms with E-state index in [0.717, 1.165) is 11.3 Å². The van der Waals surface area contributed by atoms with Gasteiger partial charge >= 0.3 is 0 Å². The molecule has 2 rings (SSSR count). The van der Waals surface area contributed by atoms with E-state index in [0.29, 0.717) is 15.8 Å². The summed E-state index contributed by atoms with van der Waals surface area (Å²) in [6.45, 7) is 4.04. The van der Waals surface area contributed by atoms with Crippen molar-refractivity contribution in [2.24, 2.45) is 0 Å². The van der Waals surface area contributed by atoms with E-state index in [4.69, 9.17) is 36.0 Å². The normalized spacial score (nSPS) is 9.96. The fraction of sp³-hybridized carbons (Fsp3) is 0.125. The second-order valence-electron chi connectivity index (χ2n) is 5.38. The number of hydrazine groups is 1. The predicted molar refractivity (Wildman–Crippen MR) is 113 cm³/mol. The van der Waals surface area contributed by atoms with Gasteiger partial charge < -0.3 is 10.6 Å². The molecule has 0 aliphatic rings. The van der Waals surface area contributed by atoms with Gasteiger partial charge in [0.05, 0.1) is 15.6 Å². The molecule has 2 aromatic rings. The molecule has 26 heavy (non-hydrogen) atoms. The summed E-state index contributed by atoms with van der Waals surface area (Å²) in [5, 5.41) is 17.4. The lowest BCUT2D eigenvalue weighted by Gasteiger charge is -2.15. The number of benzene rings is 2. The van der Waals surface area contributed by atoms with Crippen molar-refractivity contribution in [3.63, 3.8) is 0 Å². The second-order valence-corrected chi connectivity index (χ2v) is 6.60. The number of nitrogens with one attached hydrogen (secondary N) is 4. The standard InChI is InChI=1S/C16H16ClN5O2S2/c1-9-3-4-11(7-10(9)2)18-15(25)20-21-16(26)19-14-8-12(22(23)24)5-6-13(14)17/h3-8H,1-2H3,(H2,18,20,25)(H2,19,21,26). The number of hydrogen-bond acceptors (Lipinski definition) is 4. The number of aryl methyl sites for hydroxylation is 2. The summed E-state index contributed by atoms with van der Waals surface area (Å²) in [6.07, 6.45) is 0. The minimum atomic E-state index is -0.515. The van der Waals surface area contributed by atoms with E-state index in [-0.39, 0.29) is 10.8 Å². The first-order valence-electron chi connectivity index (χ1n) is 7.41. The van der Waals surface area contributed by atoms with Crippen LogP contribution >= 0.6 is 36.0 Å². The first-order valence-corrected chi connectivity index (χ1v) is 8.61. The molecule has 0 amide bonds. The molecule has 0 radical (unpaired) electrons. The van der Waals surface area contributed by atoms with E-state index in [1.165, 1.54) is 23.8 Å². The summed E-state index contributed by atoms with van der Waals surface area (Å²) in [6, 6.07) is 9.90. The highest BCUT2D eigenvalue weighted by molar-refractivity contribution is 7.81. The highest BCUT2D eigenvalue weighted by Gasteiger charge is 2.11. The molecule has 136 valence electrons. The fourth-order valence-corrected chi connectivity index (χ4v) is 2.47. The number of anilines is 2. The molecule has 0 unspecified atom stereocenters. The van der Waals surface area contributed by atoms with Gasteiger partial charge in [-0.15, -0.1) is 0 Å². The van der Waals surface area contributed by atoms with Crippen molar-refractivity contribution in [2.45, 2.75) is 13.8 Å². The van der Waals surface area contributed by atoms with E-state index >= 15 is 0 Å². The van der Waals surface area contributed by atoms with E-state index < -0.39 is 4.92 Å². The molecule has 0 saturated carbocycles. The van der Waals surface area contributed by atoms with Crippen molar-refractivity contribution < 1.29 is 4.92 Å². The monoisotopic (exact) mass is 409 g/mol. The van der Waals surface area contributed by atoms with Crippen molar-refractivity contribution in [3.05, 3.63) is 62.7 Å². The first-order chi connectivity index (χ1) is 12.3. The Morgan fingerprint density at radius 2 is 1.65 bits per heavy atom. The maximum absolute atomic E-state index is 10.8. The molecule has 0 aromatic heterocycles. The lowest BCUT2D eigenvalue weighted by Crippen LogP contribution is -2.45. The van der Waals surface area contributed by atoms with Gasteiger partial charge in [0, 0.05) is 17.8 Å². The van der Waals surface area contributed by atoms with Gasteiger partial charge in [-0.25, -0.2) is 0 Å². The topological polar surface area (TPSA) is 91.3 Å². The number of thiocarbonyl (C=S) groups is 2. The fourth-order valence-electron chi connectivity index (χ4n) is 1.97. The second kappa shape index (κ2) is 8.75. The Labute approximate surface area is 166 Å². The third-order valence-corrected chi connectivity index (χ3v) is 4.20. The van der Waals surface area contributed by atoms with Gasteiger partial charge in [0.2, 0.25) is 0 Å². The highest BCUT2D eigenvalue weighted by atomic mass is 35.5. The molecular formula is C16H16ClN5O2S2. The molecule has 0 atom stereocenters. The average molecular weight is 410 g/mol. The van der Waals surface area contributed by atoms with Crippen LogP contribution in [0.25, 0.3) is 0 Å². The van der Waals surface area contributed by atoms with Crippen LogP contribution in [0.5, 0.6) is 0 Å². The summed E-state index contributed by atoms with van der Waals surface area (Å²) >= 11 is 16.3. The third kappa shape index (κ3) is 5.51. The summed E-state index contributed by atoms with van der Waals surface area (Å²) in [5.74, 6) is 0. The minimum Gasteiger partial charge on any atom is -0.331 e. The number of hydrogen-bond donors (Lipinski definition) is 4. The molecular weight excluding hydrogens is 394 g/mol. The predicted octanol–water partition coefficient (Wildman–Crippen LogP) is 4.05. The van der Waals surface area contributed by atoms with Gasteiger partial charge in [-0.05, 0) is 67.6 Å². The molecule has 10 heteroatoms.